The first-order chi connectivity index (χ1) is 8.24. The first-order valence-corrected chi connectivity index (χ1v) is 6.71. The Morgan fingerprint density at radius 3 is 2.53 bits per heavy atom. The van der Waals surface area contributed by atoms with E-state index in [9.17, 15) is 0 Å². The lowest BCUT2D eigenvalue weighted by atomic mass is 9.99. The predicted molar refractivity (Wildman–Crippen MR) is 73.0 cm³/mol. The zero-order chi connectivity index (χ0) is 12.3. The van der Waals surface area contributed by atoms with E-state index in [1.54, 1.807) is 0 Å². The summed E-state index contributed by atoms with van der Waals surface area (Å²) < 4.78 is 0. The summed E-state index contributed by atoms with van der Waals surface area (Å²) in [4.78, 5) is 2.50. The minimum absolute atomic E-state index is 0.374. The van der Waals surface area contributed by atoms with Crippen LogP contribution in [-0.2, 0) is 0 Å². The third-order valence-electron chi connectivity index (χ3n) is 4.16. The first kappa shape index (κ1) is 12.6. The molecule has 94 valence electrons. The number of aryl methyl sites for hydroxylation is 1. The summed E-state index contributed by atoms with van der Waals surface area (Å²) in [6.07, 6.45) is 5.41. The van der Waals surface area contributed by atoms with Gasteiger partial charge in [0.15, 0.2) is 0 Å². The maximum atomic E-state index is 6.00. The van der Waals surface area contributed by atoms with Crippen molar-refractivity contribution in [2.45, 2.75) is 44.7 Å². The molecule has 0 spiro atoms. The molecule has 1 saturated carbocycles. The lowest BCUT2D eigenvalue weighted by Gasteiger charge is -2.33. The van der Waals surface area contributed by atoms with Crippen LogP contribution in [0.2, 0.25) is 0 Å². The minimum Gasteiger partial charge on any atom is -0.329 e. The van der Waals surface area contributed by atoms with Crippen molar-refractivity contribution < 1.29 is 0 Å². The van der Waals surface area contributed by atoms with Gasteiger partial charge in [0.2, 0.25) is 0 Å². The third-order valence-corrected chi connectivity index (χ3v) is 4.16. The van der Waals surface area contributed by atoms with Crippen LogP contribution < -0.4 is 5.73 Å². The van der Waals surface area contributed by atoms with Gasteiger partial charge >= 0.3 is 0 Å². The van der Waals surface area contributed by atoms with Crippen molar-refractivity contribution in [3.63, 3.8) is 0 Å². The average Bonchev–Trinajstić information content (AvgIpc) is 2.86. The van der Waals surface area contributed by atoms with Crippen LogP contribution in [0.5, 0.6) is 0 Å². The molecule has 2 N–H and O–H groups in total. The molecule has 2 rings (SSSR count). The van der Waals surface area contributed by atoms with E-state index in [1.165, 1.54) is 36.8 Å². The normalized spacial score (nSPS) is 18.8. The maximum absolute atomic E-state index is 6.00. The van der Waals surface area contributed by atoms with Gasteiger partial charge in [0.1, 0.15) is 0 Å². The van der Waals surface area contributed by atoms with Crippen molar-refractivity contribution in [1.29, 1.82) is 0 Å². The second kappa shape index (κ2) is 5.65. The highest BCUT2D eigenvalue weighted by atomic mass is 15.2. The Labute approximate surface area is 105 Å². The molecular weight excluding hydrogens is 208 g/mol. The number of benzene rings is 1. The van der Waals surface area contributed by atoms with Crippen molar-refractivity contribution in [1.82, 2.24) is 4.90 Å². The lowest BCUT2D eigenvalue weighted by Crippen LogP contribution is -2.37. The Balaban J connectivity index is 2.18. The molecule has 2 heteroatoms. The molecule has 1 unspecified atom stereocenters. The summed E-state index contributed by atoms with van der Waals surface area (Å²) in [5.41, 5.74) is 8.75. The van der Waals surface area contributed by atoms with Gasteiger partial charge < -0.3 is 5.73 Å². The molecule has 1 aromatic rings. The number of hydrogen-bond donors (Lipinski definition) is 1. The molecular formula is C15H24N2. The summed E-state index contributed by atoms with van der Waals surface area (Å²) in [7, 11) is 2.24. The second-order valence-electron chi connectivity index (χ2n) is 5.21. The molecule has 1 aromatic carbocycles. The van der Waals surface area contributed by atoms with Gasteiger partial charge in [-0.3, -0.25) is 4.90 Å². The highest BCUT2D eigenvalue weighted by Gasteiger charge is 2.26. The van der Waals surface area contributed by atoms with Crippen molar-refractivity contribution in [3.8, 4) is 0 Å². The van der Waals surface area contributed by atoms with Crippen LogP contribution in [0.1, 0.15) is 42.9 Å². The smallest absolute Gasteiger partial charge is 0.0472 e. The number of rotatable bonds is 4. The molecule has 0 aromatic heterocycles. The summed E-state index contributed by atoms with van der Waals surface area (Å²) in [5, 5.41) is 0. The van der Waals surface area contributed by atoms with E-state index in [2.05, 4.69) is 43.1 Å². The van der Waals surface area contributed by atoms with E-state index in [-0.39, 0.29) is 0 Å². The van der Waals surface area contributed by atoms with Gasteiger partial charge in [-0.25, -0.2) is 0 Å². The molecule has 1 aliphatic carbocycles. The summed E-state index contributed by atoms with van der Waals surface area (Å²) >= 11 is 0. The number of likely N-dealkylation sites (N-methyl/N-ethyl adjacent to an activating group) is 1. The van der Waals surface area contributed by atoms with Crippen LogP contribution in [0.4, 0.5) is 0 Å². The topological polar surface area (TPSA) is 29.3 Å². The zero-order valence-electron chi connectivity index (χ0n) is 11.0. The fourth-order valence-corrected chi connectivity index (χ4v) is 3.04. The molecule has 0 radical (unpaired) electrons. The summed E-state index contributed by atoms with van der Waals surface area (Å²) in [6, 6.07) is 9.72. The van der Waals surface area contributed by atoms with Crippen molar-refractivity contribution in [2.24, 2.45) is 5.73 Å². The van der Waals surface area contributed by atoms with Crippen LogP contribution in [0.25, 0.3) is 0 Å². The largest absolute Gasteiger partial charge is 0.329 e. The Hall–Kier alpha value is -0.860. The quantitative estimate of drug-likeness (QED) is 0.865. The predicted octanol–water partition coefficient (Wildman–Crippen LogP) is 2.87. The maximum Gasteiger partial charge on any atom is 0.0472 e. The fraction of sp³-hybridized carbons (Fsp3) is 0.600. The van der Waals surface area contributed by atoms with Crippen molar-refractivity contribution in [3.05, 3.63) is 35.4 Å². The highest BCUT2D eigenvalue weighted by molar-refractivity contribution is 5.29. The van der Waals surface area contributed by atoms with Gasteiger partial charge in [-0.1, -0.05) is 37.1 Å². The third kappa shape index (κ3) is 2.70. The molecule has 1 fully saturated rings. The van der Waals surface area contributed by atoms with Crippen LogP contribution in [0, 0.1) is 6.92 Å². The van der Waals surface area contributed by atoms with Gasteiger partial charge in [0.25, 0.3) is 0 Å². The number of nitrogens with two attached hydrogens (primary N) is 1. The lowest BCUT2D eigenvalue weighted by molar-refractivity contribution is 0.179. The zero-order valence-corrected chi connectivity index (χ0v) is 11.0. The summed E-state index contributed by atoms with van der Waals surface area (Å²) in [6.45, 7) is 2.89. The van der Waals surface area contributed by atoms with Crippen LogP contribution in [-0.4, -0.2) is 24.5 Å². The van der Waals surface area contributed by atoms with Gasteiger partial charge in [-0.15, -0.1) is 0 Å². The molecule has 1 aliphatic rings. The molecule has 0 aliphatic heterocycles. The van der Waals surface area contributed by atoms with E-state index in [4.69, 9.17) is 5.73 Å². The highest BCUT2D eigenvalue weighted by Crippen LogP contribution is 2.30. The van der Waals surface area contributed by atoms with Crippen LogP contribution >= 0.6 is 0 Å². The Bertz CT molecular complexity index is 356. The molecule has 0 heterocycles. The Kier molecular flexibility index (Phi) is 4.19. The Morgan fingerprint density at radius 1 is 1.29 bits per heavy atom. The minimum atomic E-state index is 0.374. The molecule has 17 heavy (non-hydrogen) atoms. The molecule has 0 bridgehead atoms. The SMILES string of the molecule is Cc1ccccc1C(CN)N(C)C1CCCC1. The van der Waals surface area contributed by atoms with Crippen LogP contribution in [0.15, 0.2) is 24.3 Å². The van der Waals surface area contributed by atoms with Gasteiger partial charge in [0.05, 0.1) is 0 Å². The van der Waals surface area contributed by atoms with Gasteiger partial charge in [-0.2, -0.15) is 0 Å². The van der Waals surface area contributed by atoms with E-state index in [1.807, 2.05) is 0 Å². The van der Waals surface area contributed by atoms with E-state index in [0.717, 1.165) is 6.04 Å². The van der Waals surface area contributed by atoms with E-state index >= 15 is 0 Å². The molecule has 2 nitrogen and oxygen atoms in total. The molecule has 0 amide bonds. The summed E-state index contributed by atoms with van der Waals surface area (Å²) in [5.74, 6) is 0. The standard InChI is InChI=1S/C15H24N2/c1-12-7-3-6-10-14(12)15(11-16)17(2)13-8-4-5-9-13/h3,6-7,10,13,15H,4-5,8-9,11,16H2,1-2H3. The molecule has 1 atom stereocenters. The van der Waals surface area contributed by atoms with Gasteiger partial charge in [0, 0.05) is 18.6 Å². The average molecular weight is 232 g/mol. The van der Waals surface area contributed by atoms with Crippen LogP contribution in [0.3, 0.4) is 0 Å². The second-order valence-corrected chi connectivity index (χ2v) is 5.21. The van der Waals surface area contributed by atoms with Gasteiger partial charge in [-0.05, 0) is 37.9 Å². The van der Waals surface area contributed by atoms with Crippen molar-refractivity contribution in [2.75, 3.05) is 13.6 Å². The number of hydrogen-bond acceptors (Lipinski definition) is 2. The Morgan fingerprint density at radius 2 is 1.94 bits per heavy atom. The first-order valence-electron chi connectivity index (χ1n) is 6.71. The van der Waals surface area contributed by atoms with E-state index < -0.39 is 0 Å². The fourth-order valence-electron chi connectivity index (χ4n) is 3.04. The van der Waals surface area contributed by atoms with Crippen molar-refractivity contribution >= 4 is 0 Å². The van der Waals surface area contributed by atoms with E-state index in [0.29, 0.717) is 12.6 Å². The number of nitrogens with zero attached hydrogens (tertiary/aromatic N) is 1. The molecule has 0 saturated heterocycles. The monoisotopic (exact) mass is 232 g/mol.